The standard InChI is InChI=1S/C39H69O9P/c1-3-5-7-9-11-13-15-16-17-18-19-20-21-22-24-26-28-30-32-45-35-38(36-47-49(43,44)46-34-37(41)33-40)48-39(42)31-29-27-25-23-14-12-10-8-6-4-2/h5,7,11,13,16-17,19-20,22,24,37-38,40-41H,3-4,6,8-10,12,14-15,18,21,23,25-36H2,1-2H3,(H,43,44)/b7-5-,13-11-,17-16-,20-19-,24-22-. The predicted octanol–water partition coefficient (Wildman–Crippen LogP) is 9.63. The number of hydrogen-bond acceptors (Lipinski definition) is 8. The minimum Gasteiger partial charge on any atom is -0.457 e. The van der Waals surface area contributed by atoms with Crippen molar-refractivity contribution in [3.63, 3.8) is 0 Å². The van der Waals surface area contributed by atoms with E-state index in [1.165, 1.54) is 44.9 Å². The van der Waals surface area contributed by atoms with E-state index in [4.69, 9.17) is 23.6 Å². The van der Waals surface area contributed by atoms with Crippen LogP contribution in [0.3, 0.4) is 0 Å². The number of phosphoric ester groups is 1. The Balaban J connectivity index is 4.32. The lowest BCUT2D eigenvalue weighted by molar-refractivity contribution is -0.154. The van der Waals surface area contributed by atoms with Crippen LogP contribution in [0.1, 0.15) is 136 Å². The second-order valence-electron chi connectivity index (χ2n) is 12.2. The Kier molecular flexibility index (Phi) is 34.6. The van der Waals surface area contributed by atoms with E-state index in [0.29, 0.717) is 6.61 Å². The van der Waals surface area contributed by atoms with Gasteiger partial charge in [0.15, 0.2) is 0 Å². The lowest BCUT2D eigenvalue weighted by Gasteiger charge is -2.20. The second-order valence-corrected chi connectivity index (χ2v) is 13.7. The van der Waals surface area contributed by atoms with Crippen LogP contribution in [-0.4, -0.2) is 66.3 Å². The molecule has 0 aliphatic rings. The van der Waals surface area contributed by atoms with Gasteiger partial charge in [-0.1, -0.05) is 132 Å². The summed E-state index contributed by atoms with van der Waals surface area (Å²) in [5.74, 6) is -0.403. The number of aliphatic hydroxyl groups excluding tert-OH is 2. The second kappa shape index (κ2) is 36.0. The van der Waals surface area contributed by atoms with Crippen LogP contribution in [0, 0.1) is 0 Å². The molecule has 284 valence electrons. The molecule has 0 spiro atoms. The Labute approximate surface area is 298 Å². The summed E-state index contributed by atoms with van der Waals surface area (Å²) in [4.78, 5) is 22.4. The van der Waals surface area contributed by atoms with Gasteiger partial charge in [0.25, 0.3) is 0 Å². The van der Waals surface area contributed by atoms with Crippen LogP contribution < -0.4 is 0 Å². The molecular weight excluding hydrogens is 643 g/mol. The highest BCUT2D eigenvalue weighted by Crippen LogP contribution is 2.43. The van der Waals surface area contributed by atoms with E-state index < -0.39 is 45.8 Å². The third kappa shape index (κ3) is 35.8. The Morgan fingerprint density at radius 2 is 1.16 bits per heavy atom. The van der Waals surface area contributed by atoms with Crippen molar-refractivity contribution in [2.45, 2.75) is 148 Å². The average Bonchev–Trinajstić information content (AvgIpc) is 3.09. The Morgan fingerprint density at radius 3 is 1.71 bits per heavy atom. The van der Waals surface area contributed by atoms with Crippen molar-refractivity contribution in [2.24, 2.45) is 0 Å². The van der Waals surface area contributed by atoms with E-state index in [0.717, 1.165) is 70.6 Å². The van der Waals surface area contributed by atoms with Crippen LogP contribution >= 0.6 is 7.82 Å². The minimum atomic E-state index is -4.52. The fourth-order valence-electron chi connectivity index (χ4n) is 4.61. The molecule has 10 heteroatoms. The van der Waals surface area contributed by atoms with Crippen molar-refractivity contribution in [3.05, 3.63) is 60.8 Å². The smallest absolute Gasteiger partial charge is 0.457 e. The molecule has 0 saturated carbocycles. The van der Waals surface area contributed by atoms with Crippen molar-refractivity contribution in [1.82, 2.24) is 0 Å². The van der Waals surface area contributed by atoms with E-state index in [1.807, 2.05) is 0 Å². The number of aliphatic hydroxyl groups is 2. The Bertz CT molecular complexity index is 945. The molecule has 3 atom stereocenters. The van der Waals surface area contributed by atoms with Crippen LogP contribution in [-0.2, 0) is 27.9 Å². The third-order valence-corrected chi connectivity index (χ3v) is 8.42. The molecule has 0 amide bonds. The van der Waals surface area contributed by atoms with Gasteiger partial charge in [-0.25, -0.2) is 4.57 Å². The molecule has 3 unspecified atom stereocenters. The Morgan fingerprint density at radius 1 is 0.653 bits per heavy atom. The maximum Gasteiger partial charge on any atom is 0.472 e. The molecule has 49 heavy (non-hydrogen) atoms. The molecule has 0 heterocycles. The highest BCUT2D eigenvalue weighted by Gasteiger charge is 2.26. The fourth-order valence-corrected chi connectivity index (χ4v) is 5.40. The van der Waals surface area contributed by atoms with Crippen molar-refractivity contribution >= 4 is 13.8 Å². The van der Waals surface area contributed by atoms with Crippen LogP contribution in [0.25, 0.3) is 0 Å². The highest BCUT2D eigenvalue weighted by molar-refractivity contribution is 7.47. The van der Waals surface area contributed by atoms with Crippen molar-refractivity contribution < 1.29 is 43.0 Å². The van der Waals surface area contributed by atoms with Gasteiger partial charge in [0.2, 0.25) is 0 Å². The van der Waals surface area contributed by atoms with Crippen molar-refractivity contribution in [3.8, 4) is 0 Å². The molecule has 0 aliphatic heterocycles. The van der Waals surface area contributed by atoms with Gasteiger partial charge >= 0.3 is 13.8 Å². The van der Waals surface area contributed by atoms with Gasteiger partial charge in [0, 0.05) is 13.0 Å². The normalized spacial score (nSPS) is 15.0. The molecule has 0 aliphatic carbocycles. The van der Waals surface area contributed by atoms with Gasteiger partial charge in [0.1, 0.15) is 12.2 Å². The highest BCUT2D eigenvalue weighted by atomic mass is 31.2. The van der Waals surface area contributed by atoms with E-state index in [-0.39, 0.29) is 13.0 Å². The van der Waals surface area contributed by atoms with Gasteiger partial charge < -0.3 is 24.6 Å². The summed E-state index contributed by atoms with van der Waals surface area (Å²) in [5.41, 5.74) is 0. The molecule has 3 N–H and O–H groups in total. The summed E-state index contributed by atoms with van der Waals surface area (Å²) >= 11 is 0. The first-order chi connectivity index (χ1) is 23.8. The summed E-state index contributed by atoms with van der Waals surface area (Å²) in [5, 5.41) is 18.3. The van der Waals surface area contributed by atoms with E-state index in [9.17, 15) is 19.4 Å². The zero-order valence-electron chi connectivity index (χ0n) is 30.6. The largest absolute Gasteiger partial charge is 0.472 e. The summed E-state index contributed by atoms with van der Waals surface area (Å²) in [6, 6.07) is 0. The Hall–Kier alpha value is -1.84. The fraction of sp³-hybridized carbons (Fsp3) is 0.718. The molecule has 0 radical (unpaired) electrons. The van der Waals surface area contributed by atoms with E-state index in [1.54, 1.807) is 0 Å². The predicted molar refractivity (Wildman–Crippen MR) is 200 cm³/mol. The number of rotatable bonds is 35. The van der Waals surface area contributed by atoms with Crippen LogP contribution in [0.5, 0.6) is 0 Å². The number of unbranched alkanes of at least 4 members (excludes halogenated alkanes) is 11. The van der Waals surface area contributed by atoms with Crippen LogP contribution in [0.2, 0.25) is 0 Å². The lowest BCUT2D eigenvalue weighted by Crippen LogP contribution is -2.29. The maximum atomic E-state index is 12.5. The quantitative estimate of drug-likeness (QED) is 0.0254. The molecule has 0 rings (SSSR count). The first-order valence-corrected chi connectivity index (χ1v) is 20.3. The molecule has 0 bridgehead atoms. The van der Waals surface area contributed by atoms with Crippen molar-refractivity contribution in [2.75, 3.05) is 33.0 Å². The lowest BCUT2D eigenvalue weighted by atomic mass is 10.1. The molecular formula is C39H69O9P. The van der Waals surface area contributed by atoms with Gasteiger partial charge in [-0.15, -0.1) is 0 Å². The topological polar surface area (TPSA) is 132 Å². The molecule has 0 aromatic heterocycles. The average molecular weight is 713 g/mol. The zero-order chi connectivity index (χ0) is 36.1. The summed E-state index contributed by atoms with van der Waals surface area (Å²) in [6.07, 6.45) is 39.0. The van der Waals surface area contributed by atoms with Gasteiger partial charge in [-0.2, -0.15) is 0 Å². The van der Waals surface area contributed by atoms with Gasteiger partial charge in [-0.3, -0.25) is 13.8 Å². The third-order valence-electron chi connectivity index (χ3n) is 7.47. The SMILES string of the molecule is CC/C=C\C/C=C\C/C=C\C/C=C\C/C=C\CCCCOCC(COP(=O)(O)OCC(O)CO)OC(=O)CCCCCCCCCCCC. The number of phosphoric acid groups is 1. The summed E-state index contributed by atoms with van der Waals surface area (Å²) < 4.78 is 33.1. The minimum absolute atomic E-state index is 0.0186. The number of ether oxygens (including phenoxy) is 2. The monoisotopic (exact) mass is 712 g/mol. The first kappa shape index (κ1) is 47.2. The molecule has 0 aromatic carbocycles. The summed E-state index contributed by atoms with van der Waals surface area (Å²) in [6.45, 7) is 3.25. The summed E-state index contributed by atoms with van der Waals surface area (Å²) in [7, 11) is -4.52. The van der Waals surface area contributed by atoms with Crippen LogP contribution in [0.4, 0.5) is 0 Å². The molecule has 9 nitrogen and oxygen atoms in total. The molecule has 0 saturated heterocycles. The zero-order valence-corrected chi connectivity index (χ0v) is 31.5. The number of hydrogen-bond donors (Lipinski definition) is 3. The first-order valence-electron chi connectivity index (χ1n) is 18.8. The maximum absolute atomic E-state index is 12.5. The number of carbonyl (C=O) groups is 1. The number of esters is 1. The van der Waals surface area contributed by atoms with Gasteiger partial charge in [0.05, 0.1) is 26.4 Å². The molecule has 0 aromatic rings. The van der Waals surface area contributed by atoms with Crippen LogP contribution in [0.15, 0.2) is 60.8 Å². The number of allylic oxidation sites excluding steroid dienone is 10. The van der Waals surface area contributed by atoms with Gasteiger partial charge in [-0.05, 0) is 57.8 Å². The molecule has 0 fully saturated rings. The van der Waals surface area contributed by atoms with Crippen molar-refractivity contribution in [1.29, 1.82) is 0 Å². The number of carbonyl (C=O) groups excluding carboxylic acids is 1. The van der Waals surface area contributed by atoms with E-state index >= 15 is 0 Å². The van der Waals surface area contributed by atoms with E-state index in [2.05, 4.69) is 74.6 Å².